The second-order valence-corrected chi connectivity index (χ2v) is 5.43. The Kier molecular flexibility index (Phi) is 4.79. The summed E-state index contributed by atoms with van der Waals surface area (Å²) in [4.78, 5) is 4.10. The number of ether oxygens (including phenoxy) is 1. The molecule has 1 aromatic carbocycles. The topological polar surface area (TPSA) is 39.1 Å². The van der Waals surface area contributed by atoms with Gasteiger partial charge in [-0.25, -0.2) is 4.98 Å². The number of benzene rings is 1. The van der Waals surface area contributed by atoms with Gasteiger partial charge in [0.25, 0.3) is 0 Å². The molecule has 0 aliphatic carbocycles. The van der Waals surface area contributed by atoms with Gasteiger partial charge in [-0.3, -0.25) is 0 Å². The van der Waals surface area contributed by atoms with Crippen LogP contribution >= 0.6 is 0 Å². The van der Waals surface area contributed by atoms with Crippen LogP contribution in [-0.2, 0) is 20.2 Å². The quantitative estimate of drug-likeness (QED) is 0.879. The molecular weight excluding hydrogens is 250 g/mol. The fourth-order valence-corrected chi connectivity index (χ4v) is 1.98. The molecule has 20 heavy (non-hydrogen) atoms. The smallest absolute Gasteiger partial charge is 0.130 e. The van der Waals surface area contributed by atoms with Crippen molar-refractivity contribution in [2.75, 3.05) is 0 Å². The first-order chi connectivity index (χ1) is 9.56. The van der Waals surface area contributed by atoms with Crippen molar-refractivity contribution in [2.24, 2.45) is 7.05 Å². The lowest BCUT2D eigenvalue weighted by molar-refractivity contribution is 0.293. The number of hydrogen-bond acceptors (Lipinski definition) is 3. The van der Waals surface area contributed by atoms with Crippen LogP contribution < -0.4 is 10.1 Å². The molecule has 0 amide bonds. The molecule has 0 atom stereocenters. The Hall–Kier alpha value is -1.81. The predicted molar refractivity (Wildman–Crippen MR) is 80.7 cm³/mol. The molecule has 4 nitrogen and oxygen atoms in total. The lowest BCUT2D eigenvalue weighted by atomic mass is 10.1. The lowest BCUT2D eigenvalue weighted by Gasteiger charge is -2.14. The third-order valence-corrected chi connectivity index (χ3v) is 3.21. The first-order valence-corrected chi connectivity index (χ1v) is 6.97. The van der Waals surface area contributed by atoms with Gasteiger partial charge in [0, 0.05) is 25.2 Å². The highest BCUT2D eigenvalue weighted by Crippen LogP contribution is 2.21. The molecule has 0 fully saturated rings. The second kappa shape index (κ2) is 6.57. The summed E-state index contributed by atoms with van der Waals surface area (Å²) in [6.07, 6.45) is 3.62. The number of nitrogens with one attached hydrogen (secondary N) is 1. The number of aryl methyl sites for hydroxylation is 2. The average molecular weight is 273 g/mol. The Morgan fingerprint density at radius 1 is 1.35 bits per heavy atom. The van der Waals surface area contributed by atoms with E-state index in [4.69, 9.17) is 4.74 Å². The van der Waals surface area contributed by atoms with Crippen molar-refractivity contribution in [3.05, 3.63) is 47.5 Å². The Bertz CT molecular complexity index is 561. The number of aromatic nitrogens is 2. The van der Waals surface area contributed by atoms with Crippen molar-refractivity contribution in [2.45, 2.75) is 40.0 Å². The first-order valence-electron chi connectivity index (χ1n) is 6.97. The summed E-state index contributed by atoms with van der Waals surface area (Å²) >= 11 is 0. The van der Waals surface area contributed by atoms with Gasteiger partial charge in [-0.2, -0.15) is 0 Å². The van der Waals surface area contributed by atoms with E-state index in [1.165, 1.54) is 11.1 Å². The summed E-state index contributed by atoms with van der Waals surface area (Å²) < 4.78 is 7.92. The molecule has 0 bridgehead atoms. The molecule has 108 valence electrons. The van der Waals surface area contributed by atoms with Gasteiger partial charge in [-0.15, -0.1) is 0 Å². The van der Waals surface area contributed by atoms with E-state index in [1.807, 2.05) is 23.9 Å². The van der Waals surface area contributed by atoms with Crippen LogP contribution in [0, 0.1) is 6.92 Å². The highest BCUT2D eigenvalue weighted by Gasteiger charge is 2.07. The molecule has 0 spiro atoms. The van der Waals surface area contributed by atoms with Crippen LogP contribution in [0.25, 0.3) is 0 Å². The van der Waals surface area contributed by atoms with Crippen LogP contribution in [0.2, 0.25) is 0 Å². The van der Waals surface area contributed by atoms with Crippen molar-refractivity contribution in [3.8, 4) is 5.75 Å². The Balaban J connectivity index is 2.08. The largest absolute Gasteiger partial charge is 0.487 e. The van der Waals surface area contributed by atoms with Gasteiger partial charge in [0.2, 0.25) is 0 Å². The summed E-state index contributed by atoms with van der Waals surface area (Å²) in [5.41, 5.74) is 3.51. The first kappa shape index (κ1) is 14.6. The minimum Gasteiger partial charge on any atom is -0.487 e. The van der Waals surface area contributed by atoms with Gasteiger partial charge >= 0.3 is 0 Å². The number of hydrogen-bond donors (Lipinski definition) is 1. The zero-order chi connectivity index (χ0) is 14.5. The van der Waals surface area contributed by atoms with Crippen molar-refractivity contribution < 1.29 is 4.74 Å². The van der Waals surface area contributed by atoms with Crippen LogP contribution in [0.1, 0.15) is 30.7 Å². The zero-order valence-corrected chi connectivity index (χ0v) is 12.7. The SMILES string of the molecule is Cc1ccc(OCc2cncn2C)c(CNC(C)C)c1. The standard InChI is InChI=1S/C16H23N3O/c1-12(2)18-8-14-7-13(3)5-6-16(14)20-10-15-9-17-11-19(15)4/h5-7,9,11-12,18H,8,10H2,1-4H3. The van der Waals surface area contributed by atoms with E-state index in [2.05, 4.69) is 43.2 Å². The second-order valence-electron chi connectivity index (χ2n) is 5.43. The van der Waals surface area contributed by atoms with Gasteiger partial charge < -0.3 is 14.6 Å². The van der Waals surface area contributed by atoms with Crippen LogP contribution in [-0.4, -0.2) is 15.6 Å². The van der Waals surface area contributed by atoms with Crippen molar-refractivity contribution in [1.82, 2.24) is 14.9 Å². The zero-order valence-electron chi connectivity index (χ0n) is 12.7. The molecule has 0 aliphatic heterocycles. The van der Waals surface area contributed by atoms with Crippen LogP contribution in [0.4, 0.5) is 0 Å². The monoisotopic (exact) mass is 273 g/mol. The van der Waals surface area contributed by atoms with Crippen LogP contribution in [0.15, 0.2) is 30.7 Å². The summed E-state index contributed by atoms with van der Waals surface area (Å²) in [6.45, 7) is 7.75. The van der Waals surface area contributed by atoms with E-state index < -0.39 is 0 Å². The maximum atomic E-state index is 5.95. The minimum atomic E-state index is 0.459. The lowest BCUT2D eigenvalue weighted by Crippen LogP contribution is -2.22. The van der Waals surface area contributed by atoms with Crippen molar-refractivity contribution >= 4 is 0 Å². The van der Waals surface area contributed by atoms with E-state index in [0.29, 0.717) is 12.6 Å². The van der Waals surface area contributed by atoms with Crippen molar-refractivity contribution in [3.63, 3.8) is 0 Å². The Morgan fingerprint density at radius 2 is 2.15 bits per heavy atom. The molecule has 0 radical (unpaired) electrons. The Labute approximate surface area is 120 Å². The van der Waals surface area contributed by atoms with E-state index in [9.17, 15) is 0 Å². The maximum absolute atomic E-state index is 5.95. The normalized spacial score (nSPS) is 11.1. The third-order valence-electron chi connectivity index (χ3n) is 3.21. The molecule has 1 heterocycles. The molecule has 1 N–H and O–H groups in total. The van der Waals surface area contributed by atoms with Gasteiger partial charge in [-0.1, -0.05) is 31.5 Å². The maximum Gasteiger partial charge on any atom is 0.130 e. The molecule has 0 aliphatic rings. The average Bonchev–Trinajstić information content (AvgIpc) is 2.81. The summed E-state index contributed by atoms with van der Waals surface area (Å²) in [7, 11) is 1.97. The molecular formula is C16H23N3O. The molecule has 1 aromatic heterocycles. The predicted octanol–water partition coefficient (Wildman–Crippen LogP) is 2.81. The molecule has 2 rings (SSSR count). The Morgan fingerprint density at radius 3 is 2.80 bits per heavy atom. The van der Waals surface area contributed by atoms with E-state index >= 15 is 0 Å². The molecule has 4 heteroatoms. The van der Waals surface area contributed by atoms with Crippen LogP contribution in [0.3, 0.4) is 0 Å². The number of rotatable bonds is 6. The highest BCUT2D eigenvalue weighted by molar-refractivity contribution is 5.37. The summed E-state index contributed by atoms with van der Waals surface area (Å²) in [6, 6.07) is 6.76. The number of imidazole rings is 1. The molecule has 2 aromatic rings. The third kappa shape index (κ3) is 3.84. The number of nitrogens with zero attached hydrogens (tertiary/aromatic N) is 2. The van der Waals surface area contributed by atoms with Gasteiger partial charge in [0.1, 0.15) is 12.4 Å². The fourth-order valence-electron chi connectivity index (χ4n) is 1.98. The van der Waals surface area contributed by atoms with E-state index in [-0.39, 0.29) is 0 Å². The van der Waals surface area contributed by atoms with Gasteiger partial charge in [0.05, 0.1) is 18.2 Å². The minimum absolute atomic E-state index is 0.459. The molecule has 0 saturated carbocycles. The van der Waals surface area contributed by atoms with E-state index in [1.54, 1.807) is 6.33 Å². The van der Waals surface area contributed by atoms with Crippen molar-refractivity contribution in [1.29, 1.82) is 0 Å². The molecule has 0 unspecified atom stereocenters. The fraction of sp³-hybridized carbons (Fsp3) is 0.438. The summed E-state index contributed by atoms with van der Waals surface area (Å²) in [5.74, 6) is 0.935. The van der Waals surface area contributed by atoms with Gasteiger partial charge in [-0.05, 0) is 13.0 Å². The molecule has 0 saturated heterocycles. The van der Waals surface area contributed by atoms with Crippen LogP contribution in [0.5, 0.6) is 5.75 Å². The van der Waals surface area contributed by atoms with E-state index in [0.717, 1.165) is 18.0 Å². The van der Waals surface area contributed by atoms with Gasteiger partial charge in [0.15, 0.2) is 0 Å². The summed E-state index contributed by atoms with van der Waals surface area (Å²) in [5, 5.41) is 3.44. The highest BCUT2D eigenvalue weighted by atomic mass is 16.5.